The maximum atomic E-state index is 13.8. The Kier molecular flexibility index (Phi) is 14.3. The molecule has 1 heterocycles. The number of unbranched alkanes of at least 4 members (excludes halogenated alkanes) is 9. The highest BCUT2D eigenvalue weighted by Crippen LogP contribution is 2.24. The SMILES string of the molecule is CCCCCCCCCCCCOc1ccc(CN(Cc2cc[n+](CC)cc2)C(=O)c2ccccc2OC)c(C)c1. The topological polar surface area (TPSA) is 42.7 Å². The molecule has 0 radical (unpaired) electrons. The van der Waals surface area contributed by atoms with Gasteiger partial charge in [0.2, 0.25) is 0 Å². The van der Waals surface area contributed by atoms with Gasteiger partial charge in [0.25, 0.3) is 5.91 Å². The van der Waals surface area contributed by atoms with Crippen molar-refractivity contribution in [2.45, 2.75) is 105 Å². The highest BCUT2D eigenvalue weighted by molar-refractivity contribution is 5.96. The lowest BCUT2D eigenvalue weighted by atomic mass is 10.1. The van der Waals surface area contributed by atoms with Crippen LogP contribution in [0.4, 0.5) is 0 Å². The predicted molar refractivity (Wildman–Crippen MR) is 167 cm³/mol. The summed E-state index contributed by atoms with van der Waals surface area (Å²) in [6.45, 7) is 9.16. The van der Waals surface area contributed by atoms with E-state index in [1.807, 2.05) is 35.2 Å². The van der Waals surface area contributed by atoms with E-state index in [4.69, 9.17) is 9.47 Å². The lowest BCUT2D eigenvalue weighted by Crippen LogP contribution is -2.33. The first-order valence-electron chi connectivity index (χ1n) is 15.7. The summed E-state index contributed by atoms with van der Waals surface area (Å²) >= 11 is 0. The molecule has 5 heteroatoms. The van der Waals surface area contributed by atoms with Crippen molar-refractivity contribution in [2.24, 2.45) is 0 Å². The Morgan fingerprint density at radius 1 is 0.805 bits per heavy atom. The van der Waals surface area contributed by atoms with E-state index in [9.17, 15) is 4.79 Å². The van der Waals surface area contributed by atoms with Crippen LogP contribution in [-0.2, 0) is 19.6 Å². The molecule has 1 aromatic heterocycles. The summed E-state index contributed by atoms with van der Waals surface area (Å²) in [7, 11) is 1.61. The van der Waals surface area contributed by atoms with Gasteiger partial charge in [0, 0.05) is 25.2 Å². The minimum absolute atomic E-state index is 0.0460. The van der Waals surface area contributed by atoms with E-state index in [1.165, 1.54) is 57.8 Å². The van der Waals surface area contributed by atoms with E-state index >= 15 is 0 Å². The van der Waals surface area contributed by atoms with Gasteiger partial charge < -0.3 is 14.4 Å². The van der Waals surface area contributed by atoms with Crippen molar-refractivity contribution in [1.82, 2.24) is 4.90 Å². The Morgan fingerprint density at radius 3 is 2.10 bits per heavy atom. The molecular weight excluding hydrogens is 508 g/mol. The maximum Gasteiger partial charge on any atom is 0.258 e. The fourth-order valence-corrected chi connectivity index (χ4v) is 5.14. The number of hydrogen-bond acceptors (Lipinski definition) is 3. The van der Waals surface area contributed by atoms with Gasteiger partial charge in [0.05, 0.1) is 19.3 Å². The Morgan fingerprint density at radius 2 is 1.46 bits per heavy atom. The zero-order chi connectivity index (χ0) is 29.3. The van der Waals surface area contributed by atoms with Gasteiger partial charge in [-0.1, -0.05) is 82.9 Å². The number of nitrogens with zero attached hydrogens (tertiary/aromatic N) is 2. The van der Waals surface area contributed by atoms with Gasteiger partial charge >= 0.3 is 0 Å². The van der Waals surface area contributed by atoms with Crippen LogP contribution in [0.5, 0.6) is 11.5 Å². The summed E-state index contributed by atoms with van der Waals surface area (Å²) in [6, 6.07) is 17.9. The number of rotatable bonds is 19. The Balaban J connectivity index is 1.57. The normalized spacial score (nSPS) is 10.9. The zero-order valence-corrected chi connectivity index (χ0v) is 25.9. The third kappa shape index (κ3) is 10.9. The van der Waals surface area contributed by atoms with Crippen molar-refractivity contribution in [3.8, 4) is 11.5 Å². The van der Waals surface area contributed by atoms with Crippen molar-refractivity contribution in [3.63, 3.8) is 0 Å². The number of benzene rings is 2. The van der Waals surface area contributed by atoms with Crippen LogP contribution in [0, 0.1) is 6.92 Å². The molecular formula is C36H51N2O3+. The number of amides is 1. The second-order valence-electron chi connectivity index (χ2n) is 11.0. The number of methoxy groups -OCH3 is 1. The second-order valence-corrected chi connectivity index (χ2v) is 11.0. The van der Waals surface area contributed by atoms with Gasteiger partial charge in [-0.15, -0.1) is 0 Å². The zero-order valence-electron chi connectivity index (χ0n) is 25.9. The van der Waals surface area contributed by atoms with Gasteiger partial charge in [0.15, 0.2) is 12.4 Å². The molecule has 0 bridgehead atoms. The van der Waals surface area contributed by atoms with Crippen LogP contribution in [0.3, 0.4) is 0 Å². The van der Waals surface area contributed by atoms with E-state index in [0.29, 0.717) is 24.4 Å². The van der Waals surface area contributed by atoms with Crippen molar-refractivity contribution < 1.29 is 18.8 Å². The van der Waals surface area contributed by atoms with Gasteiger partial charge in [-0.3, -0.25) is 4.79 Å². The molecule has 0 aliphatic carbocycles. The Bertz CT molecular complexity index is 1180. The molecule has 0 fully saturated rings. The number of carbonyl (C=O) groups is 1. The molecule has 0 saturated carbocycles. The number of para-hydroxylation sites is 1. The number of carbonyl (C=O) groups excluding carboxylic acids is 1. The van der Waals surface area contributed by atoms with E-state index in [2.05, 4.69) is 62.0 Å². The van der Waals surface area contributed by atoms with Gasteiger partial charge in [-0.2, -0.15) is 0 Å². The minimum atomic E-state index is -0.0460. The molecule has 0 atom stereocenters. The van der Waals surface area contributed by atoms with Crippen LogP contribution >= 0.6 is 0 Å². The molecule has 2 aromatic carbocycles. The van der Waals surface area contributed by atoms with Crippen molar-refractivity contribution in [3.05, 3.63) is 89.2 Å². The molecule has 0 saturated heterocycles. The van der Waals surface area contributed by atoms with Crippen molar-refractivity contribution >= 4 is 5.91 Å². The summed E-state index contributed by atoms with van der Waals surface area (Å²) < 4.78 is 13.7. The van der Waals surface area contributed by atoms with Crippen LogP contribution in [0.25, 0.3) is 0 Å². The Labute approximate surface area is 248 Å². The molecule has 222 valence electrons. The van der Waals surface area contributed by atoms with Crippen molar-refractivity contribution in [2.75, 3.05) is 13.7 Å². The molecule has 0 aliphatic rings. The molecule has 1 amide bonds. The lowest BCUT2D eigenvalue weighted by Gasteiger charge is -2.25. The van der Waals surface area contributed by atoms with Gasteiger partial charge in [-0.25, -0.2) is 4.57 Å². The van der Waals surface area contributed by atoms with E-state index in [1.54, 1.807) is 7.11 Å². The fourth-order valence-electron chi connectivity index (χ4n) is 5.14. The van der Waals surface area contributed by atoms with Gasteiger partial charge in [0.1, 0.15) is 18.0 Å². The number of aryl methyl sites for hydroxylation is 2. The van der Waals surface area contributed by atoms with Crippen LogP contribution in [0.15, 0.2) is 67.0 Å². The largest absolute Gasteiger partial charge is 0.496 e. The summed E-state index contributed by atoms with van der Waals surface area (Å²) in [5.41, 5.74) is 3.90. The standard InChI is InChI=1S/C36H51N2O3/c1-5-7-8-9-10-11-12-13-14-17-26-41-33-21-20-32(30(3)27-33)29-38(28-31-22-24-37(6-2)25-23-31)36(39)34-18-15-16-19-35(34)40-4/h15-16,18-25,27H,5-14,17,26,28-29H2,1-4H3/q+1. The fraction of sp³-hybridized carbons (Fsp3) is 0.500. The highest BCUT2D eigenvalue weighted by atomic mass is 16.5. The first kappa shape index (κ1) is 32.2. The second kappa shape index (κ2) is 18.2. The van der Waals surface area contributed by atoms with Crippen LogP contribution in [-0.4, -0.2) is 24.5 Å². The maximum absolute atomic E-state index is 13.8. The average Bonchev–Trinajstić information content (AvgIpc) is 3.00. The summed E-state index contributed by atoms with van der Waals surface area (Å²) in [5, 5.41) is 0. The van der Waals surface area contributed by atoms with Crippen LogP contribution in [0.2, 0.25) is 0 Å². The lowest BCUT2D eigenvalue weighted by molar-refractivity contribution is -0.693. The Hall–Kier alpha value is -3.34. The average molecular weight is 560 g/mol. The van der Waals surface area contributed by atoms with Crippen LogP contribution in [0.1, 0.15) is 105 Å². The third-order valence-electron chi connectivity index (χ3n) is 7.77. The molecule has 0 N–H and O–H groups in total. The molecule has 5 nitrogen and oxygen atoms in total. The van der Waals surface area contributed by atoms with E-state index in [0.717, 1.165) is 42.0 Å². The first-order chi connectivity index (χ1) is 20.0. The molecule has 0 spiro atoms. The van der Waals surface area contributed by atoms with Gasteiger partial charge in [-0.05, 0) is 61.2 Å². The van der Waals surface area contributed by atoms with Crippen LogP contribution < -0.4 is 14.0 Å². The highest BCUT2D eigenvalue weighted by Gasteiger charge is 2.21. The number of ether oxygens (including phenoxy) is 2. The number of pyridine rings is 1. The van der Waals surface area contributed by atoms with E-state index < -0.39 is 0 Å². The first-order valence-corrected chi connectivity index (χ1v) is 15.7. The molecule has 3 aromatic rings. The number of aromatic nitrogens is 1. The summed E-state index contributed by atoms with van der Waals surface area (Å²) in [5.74, 6) is 1.44. The monoisotopic (exact) mass is 559 g/mol. The quantitative estimate of drug-likeness (QED) is 0.109. The molecule has 3 rings (SSSR count). The molecule has 41 heavy (non-hydrogen) atoms. The minimum Gasteiger partial charge on any atom is -0.496 e. The smallest absolute Gasteiger partial charge is 0.258 e. The summed E-state index contributed by atoms with van der Waals surface area (Å²) in [6.07, 6.45) is 17.3. The number of hydrogen-bond donors (Lipinski definition) is 0. The summed E-state index contributed by atoms with van der Waals surface area (Å²) in [4.78, 5) is 15.7. The predicted octanol–water partition coefficient (Wildman–Crippen LogP) is 8.45. The third-order valence-corrected chi connectivity index (χ3v) is 7.77. The molecule has 0 unspecified atom stereocenters. The van der Waals surface area contributed by atoms with Crippen molar-refractivity contribution in [1.29, 1.82) is 0 Å². The molecule has 0 aliphatic heterocycles. The van der Waals surface area contributed by atoms with E-state index in [-0.39, 0.29) is 5.91 Å².